The van der Waals surface area contributed by atoms with Gasteiger partial charge in [0.1, 0.15) is 35.9 Å². The van der Waals surface area contributed by atoms with Crippen molar-refractivity contribution in [2.75, 3.05) is 19.0 Å². The fraction of sp³-hybridized carbons (Fsp3) is 0.939. The number of nitrogens with one attached hydrogen (secondary N) is 1. The van der Waals surface area contributed by atoms with Gasteiger partial charge in [-0.2, -0.15) is 0 Å². The lowest BCUT2D eigenvalue weighted by Gasteiger charge is -2.39. The van der Waals surface area contributed by atoms with E-state index in [4.69, 9.17) is 9.47 Å². The minimum absolute atomic E-state index is 0.181. The SMILES string of the molecule is CCCCCCCCCCCCOC(=O)C(CSSC1OC(CO)C(O)C(O)C1O)NC(=O)CCCCCCCCCCC. The Morgan fingerprint density at radius 1 is 0.727 bits per heavy atom. The van der Waals surface area contributed by atoms with Crippen molar-refractivity contribution in [2.24, 2.45) is 0 Å². The van der Waals surface area contributed by atoms with E-state index in [2.05, 4.69) is 19.2 Å². The van der Waals surface area contributed by atoms with Crippen LogP contribution in [0.25, 0.3) is 0 Å². The summed E-state index contributed by atoms with van der Waals surface area (Å²) in [5.41, 5.74) is -0.920. The van der Waals surface area contributed by atoms with Crippen molar-refractivity contribution in [3.05, 3.63) is 0 Å². The molecular formula is C33H63NO8S2. The van der Waals surface area contributed by atoms with Crippen molar-refractivity contribution in [3.8, 4) is 0 Å². The predicted octanol–water partition coefficient (Wildman–Crippen LogP) is 6.04. The van der Waals surface area contributed by atoms with E-state index in [0.29, 0.717) is 13.0 Å². The molecule has 1 aliphatic heterocycles. The molecule has 6 unspecified atom stereocenters. The molecule has 260 valence electrons. The zero-order valence-electron chi connectivity index (χ0n) is 27.5. The maximum atomic E-state index is 13.0. The van der Waals surface area contributed by atoms with Crippen molar-refractivity contribution >= 4 is 33.5 Å². The minimum Gasteiger partial charge on any atom is -0.464 e. The van der Waals surface area contributed by atoms with Gasteiger partial charge in [0.15, 0.2) is 0 Å². The Morgan fingerprint density at radius 3 is 1.75 bits per heavy atom. The van der Waals surface area contributed by atoms with Crippen LogP contribution >= 0.6 is 21.6 Å². The number of carbonyl (C=O) groups is 2. The van der Waals surface area contributed by atoms with E-state index in [-0.39, 0.29) is 11.7 Å². The number of amides is 1. The lowest BCUT2D eigenvalue weighted by Crippen LogP contribution is -2.57. The molecule has 1 heterocycles. The first-order valence-corrected chi connectivity index (χ1v) is 19.8. The molecule has 11 heteroatoms. The van der Waals surface area contributed by atoms with Crippen LogP contribution < -0.4 is 5.32 Å². The van der Waals surface area contributed by atoms with Crippen LogP contribution in [0.2, 0.25) is 0 Å². The maximum absolute atomic E-state index is 13.0. The average Bonchev–Trinajstić information content (AvgIpc) is 3.02. The Bertz CT molecular complexity index is 717. The highest BCUT2D eigenvalue weighted by atomic mass is 33.1. The molecule has 1 rings (SSSR count). The maximum Gasteiger partial charge on any atom is 0.329 e. The Hall–Kier alpha value is -0.560. The van der Waals surface area contributed by atoms with E-state index >= 15 is 0 Å². The summed E-state index contributed by atoms with van der Waals surface area (Å²) in [7, 11) is 2.29. The molecule has 0 saturated carbocycles. The van der Waals surface area contributed by atoms with Crippen LogP contribution in [-0.2, 0) is 19.1 Å². The second-order valence-electron chi connectivity index (χ2n) is 12.1. The van der Waals surface area contributed by atoms with Gasteiger partial charge in [0.2, 0.25) is 5.91 Å². The van der Waals surface area contributed by atoms with Gasteiger partial charge in [0.05, 0.1) is 13.2 Å². The van der Waals surface area contributed by atoms with Crippen molar-refractivity contribution < 1.29 is 39.5 Å². The first-order valence-electron chi connectivity index (χ1n) is 17.4. The molecule has 1 fully saturated rings. The highest BCUT2D eigenvalue weighted by molar-refractivity contribution is 8.76. The molecule has 0 aromatic rings. The van der Waals surface area contributed by atoms with E-state index in [9.17, 15) is 30.0 Å². The molecule has 1 aliphatic rings. The molecule has 1 saturated heterocycles. The van der Waals surface area contributed by atoms with Crippen LogP contribution in [0.5, 0.6) is 0 Å². The van der Waals surface area contributed by atoms with Crippen LogP contribution in [0.4, 0.5) is 0 Å². The number of hydrogen-bond donors (Lipinski definition) is 5. The standard InChI is InChI=1S/C33H63NO8S2/c1-3-5-7-9-11-13-15-17-19-21-23-41-32(40)26(34-28(36)22-20-18-16-14-12-10-8-6-4-2)25-43-44-33-31(39)30(38)29(37)27(24-35)42-33/h26-27,29-31,33,35,37-39H,3-25H2,1-2H3,(H,34,36). The number of rotatable bonds is 28. The van der Waals surface area contributed by atoms with Crippen molar-refractivity contribution in [1.82, 2.24) is 5.32 Å². The summed E-state index contributed by atoms with van der Waals surface area (Å²) in [5.74, 6) is -0.490. The minimum atomic E-state index is -1.46. The van der Waals surface area contributed by atoms with Gasteiger partial charge >= 0.3 is 5.97 Å². The smallest absolute Gasteiger partial charge is 0.329 e. The average molecular weight is 666 g/mol. The van der Waals surface area contributed by atoms with Gasteiger partial charge in [-0.25, -0.2) is 4.79 Å². The van der Waals surface area contributed by atoms with Crippen LogP contribution in [0.15, 0.2) is 0 Å². The molecule has 0 aromatic carbocycles. The summed E-state index contributed by atoms with van der Waals surface area (Å²) in [6.45, 7) is 4.25. The van der Waals surface area contributed by atoms with Crippen molar-refractivity contribution in [1.29, 1.82) is 0 Å². The molecular weight excluding hydrogens is 602 g/mol. The molecule has 0 aromatic heterocycles. The first-order chi connectivity index (χ1) is 21.3. The summed E-state index contributed by atoms with van der Waals surface area (Å²) >= 11 is 0. The van der Waals surface area contributed by atoms with Crippen molar-refractivity contribution in [3.63, 3.8) is 0 Å². The number of hydrogen-bond acceptors (Lipinski definition) is 10. The van der Waals surface area contributed by atoms with Crippen LogP contribution in [0.1, 0.15) is 142 Å². The molecule has 5 N–H and O–H groups in total. The van der Waals surface area contributed by atoms with Gasteiger partial charge in [-0.3, -0.25) is 4.79 Å². The number of unbranched alkanes of at least 4 members (excludes halogenated alkanes) is 17. The normalized spacial score (nSPS) is 22.5. The van der Waals surface area contributed by atoms with Gasteiger partial charge in [-0.1, -0.05) is 145 Å². The summed E-state index contributed by atoms with van der Waals surface area (Å²) in [4.78, 5) is 25.7. The molecule has 6 atom stereocenters. The van der Waals surface area contributed by atoms with Gasteiger partial charge in [0.25, 0.3) is 0 Å². The first kappa shape index (κ1) is 41.5. The van der Waals surface area contributed by atoms with E-state index in [1.54, 1.807) is 0 Å². The molecule has 0 radical (unpaired) electrons. The molecule has 0 aliphatic carbocycles. The number of aliphatic hydroxyl groups excluding tert-OH is 4. The Balaban J connectivity index is 2.45. The van der Waals surface area contributed by atoms with E-state index in [1.165, 1.54) is 94.3 Å². The largest absolute Gasteiger partial charge is 0.464 e. The fourth-order valence-electron chi connectivity index (χ4n) is 5.22. The van der Waals surface area contributed by atoms with Gasteiger partial charge in [0, 0.05) is 12.2 Å². The molecule has 1 amide bonds. The predicted molar refractivity (Wildman–Crippen MR) is 180 cm³/mol. The third-order valence-corrected chi connectivity index (χ3v) is 10.7. The summed E-state index contributed by atoms with van der Waals surface area (Å²) in [5, 5.41) is 42.6. The van der Waals surface area contributed by atoms with Crippen LogP contribution in [-0.4, -0.2) is 87.2 Å². The topological polar surface area (TPSA) is 146 Å². The third kappa shape index (κ3) is 19.2. The molecule has 44 heavy (non-hydrogen) atoms. The molecule has 0 bridgehead atoms. The van der Waals surface area contributed by atoms with Gasteiger partial charge in [-0.05, 0) is 12.8 Å². The van der Waals surface area contributed by atoms with E-state index in [1.807, 2.05) is 0 Å². The lowest BCUT2D eigenvalue weighted by molar-refractivity contribution is -0.205. The zero-order chi connectivity index (χ0) is 32.4. The summed E-state index contributed by atoms with van der Waals surface area (Å²) in [6.07, 6.45) is 17.3. The Labute approximate surface area is 274 Å². The zero-order valence-corrected chi connectivity index (χ0v) is 29.1. The number of esters is 1. The van der Waals surface area contributed by atoms with E-state index < -0.39 is 48.5 Å². The van der Waals surface area contributed by atoms with Crippen molar-refractivity contribution in [2.45, 2.75) is 178 Å². The number of carbonyl (C=O) groups excluding carboxylic acids is 2. The van der Waals surface area contributed by atoms with Gasteiger partial charge in [-0.15, -0.1) is 0 Å². The number of aliphatic hydroxyl groups is 4. The number of ether oxygens (including phenoxy) is 2. The second kappa shape index (κ2) is 27.5. The second-order valence-corrected chi connectivity index (χ2v) is 14.6. The lowest BCUT2D eigenvalue weighted by atomic mass is 10.0. The fourth-order valence-corrected chi connectivity index (χ4v) is 7.77. The van der Waals surface area contributed by atoms with Crippen LogP contribution in [0, 0.1) is 0 Å². The summed E-state index contributed by atoms with van der Waals surface area (Å²) in [6, 6.07) is -0.855. The third-order valence-electron chi connectivity index (χ3n) is 8.12. The van der Waals surface area contributed by atoms with Gasteiger partial charge < -0.3 is 35.2 Å². The Morgan fingerprint density at radius 2 is 1.23 bits per heavy atom. The molecule has 0 spiro atoms. The Kier molecular flexibility index (Phi) is 26.0. The monoisotopic (exact) mass is 665 g/mol. The highest BCUT2D eigenvalue weighted by Gasteiger charge is 2.43. The van der Waals surface area contributed by atoms with E-state index in [0.717, 1.165) is 49.3 Å². The summed E-state index contributed by atoms with van der Waals surface area (Å²) < 4.78 is 11.1. The van der Waals surface area contributed by atoms with Crippen LogP contribution in [0.3, 0.4) is 0 Å². The quantitative estimate of drug-likeness (QED) is 0.0381. The molecule has 9 nitrogen and oxygen atoms in total. The highest BCUT2D eigenvalue weighted by Crippen LogP contribution is 2.36.